The molecule has 138 valence electrons. The Morgan fingerprint density at radius 2 is 1.92 bits per heavy atom. The highest BCUT2D eigenvalue weighted by atomic mass is 35.5. The summed E-state index contributed by atoms with van der Waals surface area (Å²) in [5, 5.41) is 15.5. The number of aliphatic hydroxyl groups is 1. The number of para-hydroxylation sites is 1. The normalized spacial score (nSPS) is 12.7. The van der Waals surface area contributed by atoms with Crippen molar-refractivity contribution < 1.29 is 5.11 Å². The smallest absolute Gasteiger partial charge is 0.0584 e. The van der Waals surface area contributed by atoms with Gasteiger partial charge in [0.15, 0.2) is 0 Å². The van der Waals surface area contributed by atoms with E-state index in [0.29, 0.717) is 16.6 Å². The van der Waals surface area contributed by atoms with Gasteiger partial charge < -0.3 is 15.0 Å². The average Bonchev–Trinajstić information content (AvgIpc) is 2.90. The highest BCUT2D eigenvalue weighted by molar-refractivity contribution is 6.35. The van der Waals surface area contributed by atoms with Crippen LogP contribution in [0, 0.1) is 6.92 Å². The molecule has 1 aromatic heterocycles. The molecule has 3 nitrogen and oxygen atoms in total. The van der Waals surface area contributed by atoms with Crippen LogP contribution >= 0.6 is 23.2 Å². The summed E-state index contributed by atoms with van der Waals surface area (Å²) in [6, 6.07) is 14.2. The van der Waals surface area contributed by atoms with E-state index in [1.54, 1.807) is 6.07 Å². The third kappa shape index (κ3) is 3.91. The highest BCUT2D eigenvalue weighted by Crippen LogP contribution is 2.29. The van der Waals surface area contributed by atoms with Gasteiger partial charge in [0.2, 0.25) is 0 Å². The predicted molar refractivity (Wildman–Crippen MR) is 110 cm³/mol. The number of hydrogen-bond acceptors (Lipinski definition) is 2. The molecule has 2 aromatic carbocycles. The molecule has 0 aliphatic carbocycles. The fraction of sp³-hybridized carbons (Fsp3) is 0.333. The second kappa shape index (κ2) is 8.45. The third-order valence-electron chi connectivity index (χ3n) is 4.99. The Balaban J connectivity index is 1.99. The molecule has 0 saturated carbocycles. The van der Waals surface area contributed by atoms with Crippen LogP contribution in [0.4, 0.5) is 0 Å². The van der Waals surface area contributed by atoms with Crippen molar-refractivity contribution in [3.63, 3.8) is 0 Å². The molecule has 3 rings (SSSR count). The largest absolute Gasteiger partial charge is 0.395 e. The minimum Gasteiger partial charge on any atom is -0.395 e. The average molecular weight is 391 g/mol. The Hall–Kier alpha value is -1.52. The van der Waals surface area contributed by atoms with Gasteiger partial charge in [-0.3, -0.25) is 0 Å². The van der Waals surface area contributed by atoms with Crippen molar-refractivity contribution in [2.45, 2.75) is 39.4 Å². The van der Waals surface area contributed by atoms with Crippen molar-refractivity contribution in [2.75, 3.05) is 6.61 Å². The Morgan fingerprint density at radius 1 is 1.15 bits per heavy atom. The lowest BCUT2D eigenvalue weighted by atomic mass is 10.1. The van der Waals surface area contributed by atoms with Crippen molar-refractivity contribution in [3.8, 4) is 0 Å². The molecule has 2 N–H and O–H groups in total. The maximum absolute atomic E-state index is 9.45. The summed E-state index contributed by atoms with van der Waals surface area (Å²) >= 11 is 12.4. The Kier molecular flexibility index (Phi) is 6.25. The molecule has 1 unspecified atom stereocenters. The molecule has 3 aromatic rings. The topological polar surface area (TPSA) is 37.2 Å². The van der Waals surface area contributed by atoms with Crippen molar-refractivity contribution in [1.29, 1.82) is 0 Å². The first kappa shape index (κ1) is 19.2. The SMILES string of the molecule is CCC(CO)NCc1c(C)n(Cc2ccc(Cl)cc2Cl)c2ccccc12. The second-order valence-electron chi connectivity index (χ2n) is 6.57. The summed E-state index contributed by atoms with van der Waals surface area (Å²) in [6.45, 7) is 5.79. The van der Waals surface area contributed by atoms with E-state index in [4.69, 9.17) is 23.2 Å². The first-order valence-corrected chi connectivity index (χ1v) is 9.65. The van der Waals surface area contributed by atoms with Crippen LogP contribution in [-0.4, -0.2) is 22.3 Å². The number of aromatic nitrogens is 1. The summed E-state index contributed by atoms with van der Waals surface area (Å²) in [7, 11) is 0. The molecule has 0 radical (unpaired) electrons. The molecule has 0 fully saturated rings. The Morgan fingerprint density at radius 3 is 2.62 bits per heavy atom. The molecule has 0 saturated heterocycles. The van der Waals surface area contributed by atoms with Crippen LogP contribution in [0.1, 0.15) is 30.2 Å². The van der Waals surface area contributed by atoms with E-state index in [-0.39, 0.29) is 12.6 Å². The Labute approximate surface area is 164 Å². The molecular weight excluding hydrogens is 367 g/mol. The quantitative estimate of drug-likeness (QED) is 0.583. The van der Waals surface area contributed by atoms with E-state index in [9.17, 15) is 5.11 Å². The summed E-state index contributed by atoms with van der Waals surface area (Å²) in [6.07, 6.45) is 0.897. The van der Waals surface area contributed by atoms with Gasteiger partial charge in [-0.15, -0.1) is 0 Å². The van der Waals surface area contributed by atoms with Gasteiger partial charge in [0, 0.05) is 45.8 Å². The summed E-state index contributed by atoms with van der Waals surface area (Å²) in [5.41, 5.74) is 4.70. The van der Waals surface area contributed by atoms with E-state index < -0.39 is 0 Å². The molecule has 0 bridgehead atoms. The summed E-state index contributed by atoms with van der Waals surface area (Å²) < 4.78 is 2.29. The van der Waals surface area contributed by atoms with Gasteiger partial charge in [-0.1, -0.05) is 54.4 Å². The van der Waals surface area contributed by atoms with Crippen molar-refractivity contribution in [1.82, 2.24) is 9.88 Å². The van der Waals surface area contributed by atoms with Gasteiger partial charge in [-0.05, 0) is 42.7 Å². The number of rotatable bonds is 7. The van der Waals surface area contributed by atoms with Crippen molar-refractivity contribution in [2.24, 2.45) is 0 Å². The number of nitrogens with one attached hydrogen (secondary N) is 1. The van der Waals surface area contributed by atoms with Gasteiger partial charge in [-0.2, -0.15) is 0 Å². The van der Waals surface area contributed by atoms with Gasteiger partial charge in [0.05, 0.1) is 6.61 Å². The van der Waals surface area contributed by atoms with Crippen LogP contribution in [0.5, 0.6) is 0 Å². The van der Waals surface area contributed by atoms with E-state index >= 15 is 0 Å². The van der Waals surface area contributed by atoms with E-state index in [1.807, 2.05) is 12.1 Å². The molecule has 1 atom stereocenters. The number of benzene rings is 2. The molecule has 5 heteroatoms. The molecule has 0 spiro atoms. The Bertz CT molecular complexity index is 900. The molecular formula is C21H24Cl2N2O. The molecule has 26 heavy (non-hydrogen) atoms. The number of aliphatic hydroxyl groups excluding tert-OH is 1. The van der Waals surface area contributed by atoms with Gasteiger partial charge >= 0.3 is 0 Å². The van der Waals surface area contributed by atoms with E-state index in [1.165, 1.54) is 22.2 Å². The standard InChI is InChI=1S/C21H24Cl2N2O/c1-3-17(13-26)24-11-19-14(2)25(21-7-5-4-6-18(19)21)12-15-8-9-16(22)10-20(15)23/h4-10,17,24,26H,3,11-13H2,1-2H3. The lowest BCUT2D eigenvalue weighted by Crippen LogP contribution is -2.31. The fourth-order valence-corrected chi connectivity index (χ4v) is 3.80. The summed E-state index contributed by atoms with van der Waals surface area (Å²) in [4.78, 5) is 0. The fourth-order valence-electron chi connectivity index (χ4n) is 3.33. The van der Waals surface area contributed by atoms with Crippen LogP contribution in [0.3, 0.4) is 0 Å². The van der Waals surface area contributed by atoms with Gasteiger partial charge in [0.25, 0.3) is 0 Å². The zero-order valence-corrected chi connectivity index (χ0v) is 16.6. The summed E-state index contributed by atoms with van der Waals surface area (Å²) in [5.74, 6) is 0. The van der Waals surface area contributed by atoms with Crippen LogP contribution in [0.25, 0.3) is 10.9 Å². The predicted octanol–water partition coefficient (Wildman–Crippen LogP) is 5.17. The van der Waals surface area contributed by atoms with Crippen LogP contribution in [-0.2, 0) is 13.1 Å². The monoisotopic (exact) mass is 390 g/mol. The van der Waals surface area contributed by atoms with Crippen LogP contribution in [0.15, 0.2) is 42.5 Å². The highest BCUT2D eigenvalue weighted by Gasteiger charge is 2.16. The minimum atomic E-state index is 0.113. The first-order chi connectivity index (χ1) is 12.5. The maximum atomic E-state index is 9.45. The lowest BCUT2D eigenvalue weighted by molar-refractivity contribution is 0.238. The zero-order chi connectivity index (χ0) is 18.7. The van der Waals surface area contributed by atoms with Crippen molar-refractivity contribution in [3.05, 3.63) is 69.3 Å². The van der Waals surface area contributed by atoms with E-state index in [0.717, 1.165) is 18.5 Å². The lowest BCUT2D eigenvalue weighted by Gasteiger charge is -2.14. The van der Waals surface area contributed by atoms with Crippen LogP contribution in [0.2, 0.25) is 10.0 Å². The van der Waals surface area contributed by atoms with E-state index in [2.05, 4.69) is 48.0 Å². The molecule has 0 aliphatic heterocycles. The number of nitrogens with zero attached hydrogens (tertiary/aromatic N) is 1. The second-order valence-corrected chi connectivity index (χ2v) is 7.42. The zero-order valence-electron chi connectivity index (χ0n) is 15.1. The molecule has 0 amide bonds. The maximum Gasteiger partial charge on any atom is 0.0584 e. The first-order valence-electron chi connectivity index (χ1n) is 8.90. The molecule has 0 aliphatic rings. The number of hydrogen-bond donors (Lipinski definition) is 2. The van der Waals surface area contributed by atoms with Gasteiger partial charge in [-0.25, -0.2) is 0 Å². The van der Waals surface area contributed by atoms with Crippen molar-refractivity contribution >= 4 is 34.1 Å². The number of halogens is 2. The third-order valence-corrected chi connectivity index (χ3v) is 5.57. The molecule has 1 heterocycles. The van der Waals surface area contributed by atoms with Crippen LogP contribution < -0.4 is 5.32 Å². The number of fused-ring (bicyclic) bond motifs is 1. The van der Waals surface area contributed by atoms with Gasteiger partial charge in [0.1, 0.15) is 0 Å². The minimum absolute atomic E-state index is 0.113.